The molecule has 0 radical (unpaired) electrons. The smallest absolute Gasteiger partial charge is 0.191 e. The Morgan fingerprint density at radius 1 is 1.28 bits per heavy atom. The number of aliphatic imine (C=N–C) groups is 1. The number of aromatic amines is 1. The summed E-state index contributed by atoms with van der Waals surface area (Å²) in [6, 6.07) is 8.63. The summed E-state index contributed by atoms with van der Waals surface area (Å²) >= 11 is 1.75. The molecule has 3 aromatic rings. The van der Waals surface area contributed by atoms with Crippen LogP contribution in [0.25, 0.3) is 10.9 Å². The predicted molar refractivity (Wildman–Crippen MR) is 109 cm³/mol. The number of aryl methyl sites for hydroxylation is 1. The third-order valence-electron chi connectivity index (χ3n) is 4.61. The number of hydrogen-bond acceptors (Lipinski definition) is 2. The molecule has 0 aliphatic rings. The Balaban J connectivity index is 1.50. The first kappa shape index (κ1) is 17.5. The van der Waals surface area contributed by atoms with Crippen LogP contribution in [0.2, 0.25) is 0 Å². The van der Waals surface area contributed by atoms with Crippen LogP contribution < -0.4 is 10.6 Å². The molecule has 3 rings (SSSR count). The normalized spacial score (nSPS) is 13.2. The van der Waals surface area contributed by atoms with Crippen molar-refractivity contribution in [3.63, 3.8) is 0 Å². The van der Waals surface area contributed by atoms with Crippen LogP contribution in [0.3, 0.4) is 0 Å². The number of guanidine groups is 1. The van der Waals surface area contributed by atoms with E-state index in [-0.39, 0.29) is 0 Å². The molecule has 3 N–H and O–H groups in total. The van der Waals surface area contributed by atoms with Crippen molar-refractivity contribution in [1.82, 2.24) is 15.6 Å². The average Bonchev–Trinajstić information content (AvgIpc) is 3.28. The van der Waals surface area contributed by atoms with Gasteiger partial charge in [-0.1, -0.05) is 25.1 Å². The molecule has 1 aromatic carbocycles. The molecule has 1 atom stereocenters. The lowest BCUT2D eigenvalue weighted by Crippen LogP contribution is -2.39. The highest BCUT2D eigenvalue weighted by Crippen LogP contribution is 2.21. The molecule has 25 heavy (non-hydrogen) atoms. The van der Waals surface area contributed by atoms with E-state index >= 15 is 0 Å². The number of fused-ring (bicyclic) bond motifs is 1. The van der Waals surface area contributed by atoms with Gasteiger partial charge in [-0.25, -0.2) is 0 Å². The summed E-state index contributed by atoms with van der Waals surface area (Å²) in [5.41, 5.74) is 5.25. The maximum Gasteiger partial charge on any atom is 0.191 e. The third-order valence-corrected chi connectivity index (χ3v) is 5.31. The lowest BCUT2D eigenvalue weighted by atomic mass is 10.1. The van der Waals surface area contributed by atoms with Crippen molar-refractivity contribution in [2.75, 3.05) is 20.1 Å². The van der Waals surface area contributed by atoms with Gasteiger partial charge >= 0.3 is 0 Å². The molecule has 1 unspecified atom stereocenters. The molecule has 0 fully saturated rings. The maximum atomic E-state index is 4.33. The van der Waals surface area contributed by atoms with E-state index in [2.05, 4.69) is 75.7 Å². The topological polar surface area (TPSA) is 52.2 Å². The van der Waals surface area contributed by atoms with E-state index in [4.69, 9.17) is 0 Å². The van der Waals surface area contributed by atoms with Crippen LogP contribution in [0, 0.1) is 6.92 Å². The number of para-hydroxylation sites is 1. The minimum atomic E-state index is 0.474. The maximum absolute atomic E-state index is 4.33. The Kier molecular flexibility index (Phi) is 5.76. The second-order valence-electron chi connectivity index (χ2n) is 6.40. The molecule has 2 aromatic heterocycles. The van der Waals surface area contributed by atoms with E-state index in [0.29, 0.717) is 5.92 Å². The molecular formula is C20H26N4S. The largest absolute Gasteiger partial charge is 0.361 e. The Morgan fingerprint density at radius 2 is 2.16 bits per heavy atom. The lowest BCUT2D eigenvalue weighted by molar-refractivity contribution is 0.700. The molecule has 2 heterocycles. The fourth-order valence-corrected chi connectivity index (χ4v) is 3.81. The second-order valence-corrected chi connectivity index (χ2v) is 7.18. The van der Waals surface area contributed by atoms with Crippen molar-refractivity contribution in [3.05, 3.63) is 57.9 Å². The Morgan fingerprint density at radius 3 is 2.92 bits per heavy atom. The highest BCUT2D eigenvalue weighted by Gasteiger charge is 2.08. The first-order valence-corrected chi connectivity index (χ1v) is 9.65. The van der Waals surface area contributed by atoms with Crippen LogP contribution >= 0.6 is 11.3 Å². The molecule has 0 spiro atoms. The number of hydrogen-bond donors (Lipinski definition) is 3. The number of nitrogens with zero attached hydrogens (tertiary/aromatic N) is 1. The van der Waals surface area contributed by atoms with Gasteiger partial charge in [-0.05, 0) is 52.8 Å². The fourth-order valence-electron chi connectivity index (χ4n) is 3.03. The van der Waals surface area contributed by atoms with Crippen LogP contribution in [0.15, 0.2) is 46.2 Å². The molecule has 0 bridgehead atoms. The quantitative estimate of drug-likeness (QED) is 0.462. The monoisotopic (exact) mass is 354 g/mol. The van der Waals surface area contributed by atoms with Gasteiger partial charge in [-0.2, -0.15) is 11.3 Å². The van der Waals surface area contributed by atoms with E-state index in [1.165, 1.54) is 27.6 Å². The first-order chi connectivity index (χ1) is 12.2. The molecule has 5 heteroatoms. The van der Waals surface area contributed by atoms with Gasteiger partial charge in [-0.15, -0.1) is 0 Å². The minimum absolute atomic E-state index is 0.474. The summed E-state index contributed by atoms with van der Waals surface area (Å²) in [4.78, 5) is 7.72. The van der Waals surface area contributed by atoms with E-state index < -0.39 is 0 Å². The first-order valence-electron chi connectivity index (χ1n) is 8.71. The van der Waals surface area contributed by atoms with E-state index in [1.54, 1.807) is 11.3 Å². The molecule has 0 saturated heterocycles. The van der Waals surface area contributed by atoms with Gasteiger partial charge in [0.2, 0.25) is 0 Å². The molecule has 0 amide bonds. The highest BCUT2D eigenvalue weighted by atomic mass is 32.1. The number of benzene rings is 1. The van der Waals surface area contributed by atoms with Gasteiger partial charge in [0.25, 0.3) is 0 Å². The number of aromatic nitrogens is 1. The summed E-state index contributed by atoms with van der Waals surface area (Å²) in [7, 11) is 1.82. The number of H-pyrrole nitrogens is 1. The van der Waals surface area contributed by atoms with Gasteiger partial charge < -0.3 is 15.6 Å². The van der Waals surface area contributed by atoms with E-state index in [9.17, 15) is 0 Å². The summed E-state index contributed by atoms with van der Waals surface area (Å²) in [6.07, 6.45) is 3.08. The third kappa shape index (κ3) is 4.23. The zero-order valence-electron chi connectivity index (χ0n) is 15.1. The van der Waals surface area contributed by atoms with Crippen molar-refractivity contribution < 1.29 is 0 Å². The van der Waals surface area contributed by atoms with Crippen molar-refractivity contribution in [2.45, 2.75) is 26.2 Å². The van der Waals surface area contributed by atoms with Crippen LogP contribution in [-0.2, 0) is 6.42 Å². The summed E-state index contributed by atoms with van der Waals surface area (Å²) in [6.45, 7) is 6.11. The SMILES string of the molecule is CN=C(NCCc1c[nH]c2c(C)cccc12)NCC(C)c1ccsc1. The average molecular weight is 355 g/mol. The van der Waals surface area contributed by atoms with Gasteiger partial charge in [-0.3, -0.25) is 4.99 Å². The van der Waals surface area contributed by atoms with Crippen molar-refractivity contribution in [3.8, 4) is 0 Å². The minimum Gasteiger partial charge on any atom is -0.361 e. The van der Waals surface area contributed by atoms with E-state index in [0.717, 1.165) is 25.5 Å². The number of nitrogens with one attached hydrogen (secondary N) is 3. The highest BCUT2D eigenvalue weighted by molar-refractivity contribution is 7.07. The van der Waals surface area contributed by atoms with Crippen LogP contribution in [0.1, 0.15) is 29.5 Å². The van der Waals surface area contributed by atoms with Crippen LogP contribution in [-0.4, -0.2) is 31.1 Å². The zero-order valence-corrected chi connectivity index (χ0v) is 15.9. The van der Waals surface area contributed by atoms with Crippen LogP contribution in [0.5, 0.6) is 0 Å². The molecular weight excluding hydrogens is 328 g/mol. The van der Waals surface area contributed by atoms with Gasteiger partial charge in [0.15, 0.2) is 5.96 Å². The molecule has 0 aliphatic heterocycles. The second kappa shape index (κ2) is 8.21. The number of thiophene rings is 1. The standard InChI is InChI=1S/C20H26N4S/c1-14-5-4-6-18-16(12-23-19(14)18)7-9-22-20(21-3)24-11-15(2)17-8-10-25-13-17/h4-6,8,10,12-13,15,23H,7,9,11H2,1-3H3,(H2,21,22,24). The fraction of sp³-hybridized carbons (Fsp3) is 0.350. The summed E-state index contributed by atoms with van der Waals surface area (Å²) in [5.74, 6) is 1.33. The summed E-state index contributed by atoms with van der Waals surface area (Å²) in [5, 5.41) is 12.5. The predicted octanol–water partition coefficient (Wildman–Crippen LogP) is 4.05. The van der Waals surface area contributed by atoms with Gasteiger partial charge in [0, 0.05) is 37.2 Å². The van der Waals surface area contributed by atoms with Crippen LogP contribution in [0.4, 0.5) is 0 Å². The van der Waals surface area contributed by atoms with E-state index in [1.807, 2.05) is 7.05 Å². The molecule has 4 nitrogen and oxygen atoms in total. The zero-order chi connectivity index (χ0) is 17.6. The van der Waals surface area contributed by atoms with Gasteiger partial charge in [0.1, 0.15) is 0 Å². The van der Waals surface area contributed by atoms with Crippen molar-refractivity contribution in [2.24, 2.45) is 4.99 Å². The van der Waals surface area contributed by atoms with Crippen molar-refractivity contribution in [1.29, 1.82) is 0 Å². The summed E-state index contributed by atoms with van der Waals surface area (Å²) < 4.78 is 0. The lowest BCUT2D eigenvalue weighted by Gasteiger charge is -2.15. The van der Waals surface area contributed by atoms with Crippen molar-refractivity contribution >= 4 is 28.2 Å². The Bertz CT molecular complexity index is 833. The molecule has 132 valence electrons. The Labute approximate surface area is 153 Å². The molecule has 0 aliphatic carbocycles. The molecule has 0 saturated carbocycles. The number of rotatable bonds is 6. The van der Waals surface area contributed by atoms with Gasteiger partial charge in [0.05, 0.1) is 0 Å². The Hall–Kier alpha value is -2.27.